The highest BCUT2D eigenvalue weighted by atomic mass is 16.5. The van der Waals surface area contributed by atoms with E-state index in [9.17, 15) is 5.11 Å². The van der Waals surface area contributed by atoms with E-state index >= 15 is 0 Å². The van der Waals surface area contributed by atoms with E-state index in [1.807, 2.05) is 12.1 Å². The SMILES string of the molecule is Oc1ccc2c(c1)C(C1CCOC1)NCC2. The van der Waals surface area contributed by atoms with E-state index in [0.717, 1.165) is 32.6 Å². The van der Waals surface area contributed by atoms with Gasteiger partial charge in [0.15, 0.2) is 0 Å². The molecule has 0 radical (unpaired) electrons. The van der Waals surface area contributed by atoms with Crippen LogP contribution in [0.5, 0.6) is 5.75 Å². The van der Waals surface area contributed by atoms with Crippen molar-refractivity contribution in [2.45, 2.75) is 18.9 Å². The fourth-order valence-corrected chi connectivity index (χ4v) is 2.81. The molecule has 86 valence electrons. The summed E-state index contributed by atoms with van der Waals surface area (Å²) < 4.78 is 5.45. The highest BCUT2D eigenvalue weighted by molar-refractivity contribution is 5.39. The lowest BCUT2D eigenvalue weighted by Gasteiger charge is -2.30. The molecule has 2 aliphatic heterocycles. The lowest BCUT2D eigenvalue weighted by molar-refractivity contribution is 0.175. The molecule has 2 N–H and O–H groups in total. The quantitative estimate of drug-likeness (QED) is 0.754. The van der Waals surface area contributed by atoms with Crippen molar-refractivity contribution in [2.75, 3.05) is 19.8 Å². The van der Waals surface area contributed by atoms with Crippen LogP contribution in [0.3, 0.4) is 0 Å². The number of hydrogen-bond acceptors (Lipinski definition) is 3. The zero-order valence-electron chi connectivity index (χ0n) is 9.28. The van der Waals surface area contributed by atoms with Crippen LogP contribution in [0.25, 0.3) is 0 Å². The Morgan fingerprint density at radius 3 is 3.12 bits per heavy atom. The molecule has 0 saturated carbocycles. The molecule has 0 bridgehead atoms. The highest BCUT2D eigenvalue weighted by Gasteiger charge is 2.30. The Labute approximate surface area is 95.4 Å². The summed E-state index contributed by atoms with van der Waals surface area (Å²) in [6.45, 7) is 2.74. The number of ether oxygens (including phenoxy) is 1. The van der Waals surface area contributed by atoms with E-state index < -0.39 is 0 Å². The second-order valence-corrected chi connectivity index (χ2v) is 4.69. The van der Waals surface area contributed by atoms with Crippen LogP contribution in [0, 0.1) is 5.92 Å². The summed E-state index contributed by atoms with van der Waals surface area (Å²) in [5.74, 6) is 0.923. The Kier molecular flexibility index (Phi) is 2.58. The van der Waals surface area contributed by atoms with Crippen molar-refractivity contribution < 1.29 is 9.84 Å². The maximum absolute atomic E-state index is 9.59. The molecule has 1 aromatic carbocycles. The van der Waals surface area contributed by atoms with Crippen molar-refractivity contribution in [2.24, 2.45) is 5.92 Å². The van der Waals surface area contributed by atoms with Gasteiger partial charge in [-0.2, -0.15) is 0 Å². The van der Waals surface area contributed by atoms with Gasteiger partial charge in [0.2, 0.25) is 0 Å². The predicted molar refractivity (Wildman–Crippen MR) is 61.5 cm³/mol. The van der Waals surface area contributed by atoms with Gasteiger partial charge in [0.05, 0.1) is 6.61 Å². The van der Waals surface area contributed by atoms with Gasteiger partial charge in [-0.1, -0.05) is 6.07 Å². The van der Waals surface area contributed by atoms with Crippen LogP contribution in [0.15, 0.2) is 18.2 Å². The van der Waals surface area contributed by atoms with Crippen molar-refractivity contribution >= 4 is 0 Å². The zero-order chi connectivity index (χ0) is 11.0. The minimum atomic E-state index is 0.360. The van der Waals surface area contributed by atoms with Crippen molar-refractivity contribution in [3.05, 3.63) is 29.3 Å². The van der Waals surface area contributed by atoms with Crippen LogP contribution in [-0.2, 0) is 11.2 Å². The minimum absolute atomic E-state index is 0.360. The molecule has 2 aliphatic rings. The average Bonchev–Trinajstić information content (AvgIpc) is 2.81. The predicted octanol–water partition coefficient (Wildman–Crippen LogP) is 1.62. The molecule has 1 fully saturated rings. The molecule has 3 nitrogen and oxygen atoms in total. The Bertz CT molecular complexity index is 386. The monoisotopic (exact) mass is 219 g/mol. The third-order valence-corrected chi connectivity index (χ3v) is 3.66. The van der Waals surface area contributed by atoms with Crippen molar-refractivity contribution in [1.82, 2.24) is 5.32 Å². The van der Waals surface area contributed by atoms with Gasteiger partial charge in [0.1, 0.15) is 5.75 Å². The maximum atomic E-state index is 9.59. The van der Waals surface area contributed by atoms with E-state index in [0.29, 0.717) is 17.7 Å². The molecule has 2 atom stereocenters. The van der Waals surface area contributed by atoms with Gasteiger partial charge in [-0.05, 0) is 42.6 Å². The van der Waals surface area contributed by atoms with Gasteiger partial charge < -0.3 is 15.2 Å². The van der Waals surface area contributed by atoms with Crippen molar-refractivity contribution in [3.63, 3.8) is 0 Å². The van der Waals surface area contributed by atoms with Crippen LogP contribution in [0.4, 0.5) is 0 Å². The van der Waals surface area contributed by atoms with Gasteiger partial charge in [-0.15, -0.1) is 0 Å². The van der Waals surface area contributed by atoms with Gasteiger partial charge in [0, 0.05) is 18.6 Å². The maximum Gasteiger partial charge on any atom is 0.115 e. The van der Waals surface area contributed by atoms with Gasteiger partial charge in [-0.3, -0.25) is 0 Å². The van der Waals surface area contributed by atoms with E-state index in [-0.39, 0.29) is 0 Å². The molecule has 3 rings (SSSR count). The lowest BCUT2D eigenvalue weighted by atomic mass is 9.86. The largest absolute Gasteiger partial charge is 0.508 e. The molecule has 2 heterocycles. The standard InChI is InChI=1S/C13H17NO2/c15-11-2-1-9-3-5-14-13(12(9)7-11)10-4-6-16-8-10/h1-2,7,10,13-15H,3-6,8H2. The molecule has 0 amide bonds. The molecule has 0 aromatic heterocycles. The van der Waals surface area contributed by atoms with Gasteiger partial charge >= 0.3 is 0 Å². The fraction of sp³-hybridized carbons (Fsp3) is 0.538. The fourth-order valence-electron chi connectivity index (χ4n) is 2.81. The number of benzene rings is 1. The average molecular weight is 219 g/mol. The second-order valence-electron chi connectivity index (χ2n) is 4.69. The molecular weight excluding hydrogens is 202 g/mol. The summed E-state index contributed by atoms with van der Waals surface area (Å²) in [6, 6.07) is 6.10. The molecule has 16 heavy (non-hydrogen) atoms. The number of rotatable bonds is 1. The summed E-state index contributed by atoms with van der Waals surface area (Å²) in [5.41, 5.74) is 2.63. The number of nitrogens with one attached hydrogen (secondary N) is 1. The number of phenols is 1. The highest BCUT2D eigenvalue weighted by Crippen LogP contribution is 2.34. The van der Waals surface area contributed by atoms with Crippen LogP contribution in [-0.4, -0.2) is 24.9 Å². The number of hydrogen-bond donors (Lipinski definition) is 2. The summed E-state index contributed by atoms with van der Waals surface area (Å²) in [4.78, 5) is 0. The van der Waals surface area contributed by atoms with Crippen molar-refractivity contribution in [3.8, 4) is 5.75 Å². The zero-order valence-corrected chi connectivity index (χ0v) is 9.28. The van der Waals surface area contributed by atoms with E-state index in [1.54, 1.807) is 6.07 Å². The first-order chi connectivity index (χ1) is 7.84. The lowest BCUT2D eigenvalue weighted by Crippen LogP contribution is -2.35. The molecule has 1 aromatic rings. The van der Waals surface area contributed by atoms with Gasteiger partial charge in [0.25, 0.3) is 0 Å². The number of fused-ring (bicyclic) bond motifs is 1. The van der Waals surface area contributed by atoms with Crippen LogP contribution in [0.1, 0.15) is 23.6 Å². The minimum Gasteiger partial charge on any atom is -0.508 e. The van der Waals surface area contributed by atoms with E-state index in [4.69, 9.17) is 4.74 Å². The van der Waals surface area contributed by atoms with Crippen LogP contribution >= 0.6 is 0 Å². The Morgan fingerprint density at radius 2 is 2.31 bits per heavy atom. The Balaban J connectivity index is 1.94. The summed E-state index contributed by atoms with van der Waals surface area (Å²) in [6.07, 6.45) is 2.17. The van der Waals surface area contributed by atoms with Crippen LogP contribution < -0.4 is 5.32 Å². The number of aromatic hydroxyl groups is 1. The number of phenolic OH excluding ortho intramolecular Hbond substituents is 1. The first kappa shape index (κ1) is 10.1. The van der Waals surface area contributed by atoms with Gasteiger partial charge in [-0.25, -0.2) is 0 Å². The molecule has 2 unspecified atom stereocenters. The first-order valence-corrected chi connectivity index (χ1v) is 5.97. The van der Waals surface area contributed by atoms with E-state index in [2.05, 4.69) is 5.32 Å². The molecule has 3 heteroatoms. The topological polar surface area (TPSA) is 41.5 Å². The van der Waals surface area contributed by atoms with E-state index in [1.165, 1.54) is 11.1 Å². The molecular formula is C13H17NO2. The summed E-state index contributed by atoms with van der Waals surface area (Å²) in [5, 5.41) is 13.1. The smallest absolute Gasteiger partial charge is 0.115 e. The first-order valence-electron chi connectivity index (χ1n) is 5.97. The third kappa shape index (κ3) is 1.70. The van der Waals surface area contributed by atoms with Crippen LogP contribution in [0.2, 0.25) is 0 Å². The van der Waals surface area contributed by atoms with Crippen molar-refractivity contribution in [1.29, 1.82) is 0 Å². The Morgan fingerprint density at radius 1 is 1.38 bits per heavy atom. The normalized spacial score (nSPS) is 29.0. The Hall–Kier alpha value is -1.06. The summed E-state index contributed by atoms with van der Waals surface area (Å²) in [7, 11) is 0. The molecule has 0 aliphatic carbocycles. The molecule has 1 saturated heterocycles. The third-order valence-electron chi connectivity index (χ3n) is 3.66. The summed E-state index contributed by atoms with van der Waals surface area (Å²) >= 11 is 0. The molecule has 0 spiro atoms. The second kappa shape index (κ2) is 4.07.